The topological polar surface area (TPSA) is 16.1 Å². The third-order valence-electron chi connectivity index (χ3n) is 6.77. The second-order valence-electron chi connectivity index (χ2n) is 7.84. The number of benzene rings is 1. The van der Waals surface area contributed by atoms with E-state index in [0.717, 1.165) is 5.92 Å². The van der Waals surface area contributed by atoms with Crippen molar-refractivity contribution in [3.05, 3.63) is 41.6 Å². The Morgan fingerprint density at radius 2 is 2.09 bits per heavy atom. The van der Waals surface area contributed by atoms with Crippen LogP contribution in [0.3, 0.4) is 0 Å². The molecule has 1 saturated carbocycles. The van der Waals surface area contributed by atoms with Gasteiger partial charge in [-0.1, -0.05) is 18.9 Å². The molecule has 2 fully saturated rings. The lowest BCUT2D eigenvalue weighted by Gasteiger charge is -2.54. The molecule has 1 aliphatic heterocycles. The lowest BCUT2D eigenvalue weighted by atomic mass is 9.56. The number of fused-ring (bicyclic) bond motifs is 2. The molecule has 0 spiro atoms. The highest BCUT2D eigenvalue weighted by atomic mass is 15.1. The molecule has 23 heavy (non-hydrogen) atoms. The molecule has 122 valence electrons. The molecule has 2 heterocycles. The molecular weight excluding hydrogens is 280 g/mol. The summed E-state index contributed by atoms with van der Waals surface area (Å²) in [6.07, 6.45) is 8.74. The van der Waals surface area contributed by atoms with Crippen molar-refractivity contribution in [2.24, 2.45) is 5.92 Å². The fourth-order valence-electron chi connectivity index (χ4n) is 5.41. The quantitative estimate of drug-likeness (QED) is 0.759. The average Bonchev–Trinajstić information content (AvgIpc) is 2.58. The molecule has 2 heteroatoms. The molecule has 1 aromatic carbocycles. The van der Waals surface area contributed by atoms with Gasteiger partial charge in [0.1, 0.15) is 0 Å². The Kier molecular flexibility index (Phi) is 3.68. The molecule has 2 nitrogen and oxygen atoms in total. The van der Waals surface area contributed by atoms with Gasteiger partial charge in [0.25, 0.3) is 0 Å². The Morgan fingerprint density at radius 1 is 1.22 bits per heavy atom. The lowest BCUT2D eigenvalue weighted by Crippen LogP contribution is -2.55. The van der Waals surface area contributed by atoms with Crippen molar-refractivity contribution in [2.45, 2.75) is 57.4 Å². The Morgan fingerprint density at radius 3 is 2.96 bits per heavy atom. The molecule has 4 rings (SSSR count). The van der Waals surface area contributed by atoms with Crippen molar-refractivity contribution in [1.82, 2.24) is 9.88 Å². The zero-order valence-corrected chi connectivity index (χ0v) is 14.7. The summed E-state index contributed by atoms with van der Waals surface area (Å²) in [4.78, 5) is 7.21. The van der Waals surface area contributed by atoms with E-state index in [4.69, 9.17) is 0 Å². The van der Waals surface area contributed by atoms with E-state index in [-0.39, 0.29) is 0 Å². The maximum Gasteiger partial charge on any atom is 0.0705 e. The van der Waals surface area contributed by atoms with E-state index in [2.05, 4.69) is 49.0 Å². The first-order valence-electron chi connectivity index (χ1n) is 9.18. The van der Waals surface area contributed by atoms with Crippen LogP contribution in [0.25, 0.3) is 10.9 Å². The van der Waals surface area contributed by atoms with Crippen LogP contribution in [0.4, 0.5) is 0 Å². The van der Waals surface area contributed by atoms with E-state index in [1.54, 1.807) is 5.56 Å². The van der Waals surface area contributed by atoms with Crippen LogP contribution in [0.5, 0.6) is 0 Å². The largest absolute Gasteiger partial charge is 0.303 e. The van der Waals surface area contributed by atoms with Crippen molar-refractivity contribution in [2.75, 3.05) is 13.6 Å². The highest BCUT2D eigenvalue weighted by Crippen LogP contribution is 2.52. The normalized spacial score (nSPS) is 32.0. The second-order valence-corrected chi connectivity index (χ2v) is 7.84. The van der Waals surface area contributed by atoms with Gasteiger partial charge in [0, 0.05) is 23.0 Å². The fourth-order valence-corrected chi connectivity index (χ4v) is 5.41. The third kappa shape index (κ3) is 2.30. The first kappa shape index (κ1) is 15.1. The summed E-state index contributed by atoms with van der Waals surface area (Å²) < 4.78 is 0. The van der Waals surface area contributed by atoms with Crippen LogP contribution in [0.1, 0.15) is 50.2 Å². The standard InChI is InChI=1S/C21H28N2/c1-15-13-17-7-6-11-22-20(17)14-19(15)21-9-5-4-8-18(21)16(2)23(3)12-10-21/h6-7,11,13-14,16,18H,4-5,8-10,12H2,1-3H3. The van der Waals surface area contributed by atoms with Gasteiger partial charge in [0.2, 0.25) is 0 Å². The smallest absolute Gasteiger partial charge is 0.0705 e. The molecule has 2 aromatic rings. The number of hydrogen-bond donors (Lipinski definition) is 0. The third-order valence-corrected chi connectivity index (χ3v) is 6.77. The van der Waals surface area contributed by atoms with Gasteiger partial charge in [0.05, 0.1) is 5.52 Å². The summed E-state index contributed by atoms with van der Waals surface area (Å²) in [6, 6.07) is 9.69. The van der Waals surface area contributed by atoms with Crippen molar-refractivity contribution in [1.29, 1.82) is 0 Å². The number of pyridine rings is 1. The summed E-state index contributed by atoms with van der Waals surface area (Å²) in [5, 5.41) is 1.28. The van der Waals surface area contributed by atoms with Crippen molar-refractivity contribution >= 4 is 10.9 Å². The summed E-state index contributed by atoms with van der Waals surface area (Å²) in [7, 11) is 2.30. The highest BCUT2D eigenvalue weighted by molar-refractivity contribution is 5.80. The van der Waals surface area contributed by atoms with Gasteiger partial charge >= 0.3 is 0 Å². The number of hydrogen-bond acceptors (Lipinski definition) is 2. The zero-order valence-electron chi connectivity index (χ0n) is 14.7. The van der Waals surface area contributed by atoms with Gasteiger partial charge in [-0.2, -0.15) is 0 Å². The Bertz CT molecular complexity index is 723. The molecule has 1 saturated heterocycles. The van der Waals surface area contributed by atoms with E-state index in [0.29, 0.717) is 11.5 Å². The predicted molar refractivity (Wildman–Crippen MR) is 96.8 cm³/mol. The van der Waals surface area contributed by atoms with Crippen LogP contribution >= 0.6 is 0 Å². The first-order chi connectivity index (χ1) is 11.1. The minimum Gasteiger partial charge on any atom is -0.303 e. The number of piperidine rings is 1. The highest BCUT2D eigenvalue weighted by Gasteiger charge is 2.48. The van der Waals surface area contributed by atoms with Gasteiger partial charge in [-0.3, -0.25) is 4.98 Å². The van der Waals surface area contributed by atoms with E-state index >= 15 is 0 Å². The molecular formula is C21H28N2. The number of rotatable bonds is 1. The number of likely N-dealkylation sites (tertiary alicyclic amines) is 1. The average molecular weight is 308 g/mol. The van der Waals surface area contributed by atoms with E-state index < -0.39 is 0 Å². The van der Waals surface area contributed by atoms with Crippen molar-refractivity contribution in [3.63, 3.8) is 0 Å². The summed E-state index contributed by atoms with van der Waals surface area (Å²) in [6.45, 7) is 5.97. The van der Waals surface area contributed by atoms with Gasteiger partial charge < -0.3 is 4.90 Å². The van der Waals surface area contributed by atoms with Crippen LogP contribution in [0.15, 0.2) is 30.5 Å². The monoisotopic (exact) mass is 308 g/mol. The molecule has 0 bridgehead atoms. The Balaban J connectivity index is 1.88. The van der Waals surface area contributed by atoms with Crippen LogP contribution < -0.4 is 0 Å². The van der Waals surface area contributed by atoms with Gasteiger partial charge in [-0.05, 0) is 81.9 Å². The maximum absolute atomic E-state index is 4.64. The van der Waals surface area contributed by atoms with Crippen LogP contribution in [-0.2, 0) is 5.41 Å². The first-order valence-corrected chi connectivity index (χ1v) is 9.18. The molecule has 0 amide bonds. The molecule has 1 aromatic heterocycles. The van der Waals surface area contributed by atoms with Gasteiger partial charge in [0.15, 0.2) is 0 Å². The Labute approximate surface area is 139 Å². The van der Waals surface area contributed by atoms with Crippen molar-refractivity contribution < 1.29 is 0 Å². The fraction of sp³-hybridized carbons (Fsp3) is 0.571. The van der Waals surface area contributed by atoms with E-state index in [9.17, 15) is 0 Å². The van der Waals surface area contributed by atoms with E-state index in [1.165, 1.54) is 55.1 Å². The van der Waals surface area contributed by atoms with Crippen molar-refractivity contribution in [3.8, 4) is 0 Å². The minimum absolute atomic E-state index is 0.375. The number of aromatic nitrogens is 1. The van der Waals surface area contributed by atoms with Gasteiger partial charge in [-0.25, -0.2) is 0 Å². The molecule has 3 unspecified atom stereocenters. The molecule has 1 aliphatic carbocycles. The lowest BCUT2D eigenvalue weighted by molar-refractivity contribution is 0.0226. The van der Waals surface area contributed by atoms with Crippen LogP contribution in [0, 0.1) is 12.8 Å². The number of nitrogens with zero attached hydrogens (tertiary/aromatic N) is 2. The molecule has 0 N–H and O–H groups in total. The predicted octanol–water partition coefficient (Wildman–Crippen LogP) is 4.70. The SMILES string of the molecule is Cc1cc2cccnc2cc1C12CCCCC1C(C)N(C)CC2. The molecule has 2 aliphatic rings. The van der Waals surface area contributed by atoms with Gasteiger partial charge in [-0.15, -0.1) is 0 Å². The zero-order chi connectivity index (χ0) is 16.0. The summed E-state index contributed by atoms with van der Waals surface area (Å²) in [5.41, 5.74) is 4.60. The van der Waals surface area contributed by atoms with E-state index in [1.807, 2.05) is 12.3 Å². The maximum atomic E-state index is 4.64. The van der Waals surface area contributed by atoms with Crippen LogP contribution in [-0.4, -0.2) is 29.5 Å². The molecule has 0 radical (unpaired) electrons. The number of aryl methyl sites for hydroxylation is 1. The second kappa shape index (κ2) is 5.59. The summed E-state index contributed by atoms with van der Waals surface area (Å²) in [5.74, 6) is 0.787. The molecule has 3 atom stereocenters. The minimum atomic E-state index is 0.375. The Hall–Kier alpha value is -1.41. The summed E-state index contributed by atoms with van der Waals surface area (Å²) >= 11 is 0. The van der Waals surface area contributed by atoms with Crippen LogP contribution in [0.2, 0.25) is 0 Å².